The Bertz CT molecular complexity index is 467. The summed E-state index contributed by atoms with van der Waals surface area (Å²) in [5.74, 6) is -0.108. The third kappa shape index (κ3) is 3.60. The average molecular weight is 285 g/mol. The maximum absolute atomic E-state index is 12.4. The van der Waals surface area contributed by atoms with E-state index in [-0.39, 0.29) is 24.2 Å². The van der Waals surface area contributed by atoms with Crippen LogP contribution in [0.25, 0.3) is 0 Å². The lowest BCUT2D eigenvalue weighted by Gasteiger charge is -2.27. The molecule has 0 spiro atoms. The number of Topliss-reactive ketones (excluding diaryl/α,β-unsaturated/α-hetero) is 1. The molecule has 1 aromatic carbocycles. The third-order valence-electron chi connectivity index (χ3n) is 3.89. The number of benzene rings is 1. The van der Waals surface area contributed by atoms with Crippen molar-refractivity contribution in [1.29, 1.82) is 0 Å². The van der Waals surface area contributed by atoms with Crippen LogP contribution in [0.2, 0.25) is 0 Å². The molecule has 1 aliphatic rings. The normalized spacial score (nSPS) is 23.6. The fraction of sp³-hybridized carbons (Fsp3) is 0.533. The van der Waals surface area contributed by atoms with E-state index < -0.39 is 11.7 Å². The number of carbonyl (C=O) groups excluding carboxylic acids is 1. The highest BCUT2D eigenvalue weighted by atomic mass is 19.4. The van der Waals surface area contributed by atoms with Gasteiger partial charge in [-0.3, -0.25) is 4.79 Å². The van der Waals surface area contributed by atoms with Gasteiger partial charge in [0, 0.05) is 18.4 Å². The van der Waals surface area contributed by atoms with Crippen molar-refractivity contribution in [2.45, 2.75) is 44.3 Å². The maximum atomic E-state index is 12.4. The predicted molar refractivity (Wildman–Crippen MR) is 70.1 cm³/mol. The van der Waals surface area contributed by atoms with Gasteiger partial charge in [0.2, 0.25) is 0 Å². The molecule has 5 heteroatoms. The molecule has 1 fully saturated rings. The highest BCUT2D eigenvalue weighted by molar-refractivity contribution is 5.84. The fourth-order valence-corrected chi connectivity index (χ4v) is 2.70. The number of rotatable bonds is 3. The number of alkyl halides is 3. The molecule has 0 aromatic heterocycles. The monoisotopic (exact) mass is 285 g/mol. The van der Waals surface area contributed by atoms with Gasteiger partial charge in [0.25, 0.3) is 0 Å². The van der Waals surface area contributed by atoms with Crippen LogP contribution >= 0.6 is 0 Å². The lowest BCUT2D eigenvalue weighted by molar-refractivity contribution is -0.137. The molecule has 0 radical (unpaired) electrons. The van der Waals surface area contributed by atoms with Crippen LogP contribution in [-0.2, 0) is 17.4 Å². The van der Waals surface area contributed by atoms with E-state index in [4.69, 9.17) is 5.73 Å². The lowest BCUT2D eigenvalue weighted by Crippen LogP contribution is -2.38. The van der Waals surface area contributed by atoms with E-state index in [1.54, 1.807) is 0 Å². The van der Waals surface area contributed by atoms with Crippen molar-refractivity contribution in [3.8, 4) is 0 Å². The summed E-state index contributed by atoms with van der Waals surface area (Å²) < 4.78 is 37.3. The molecule has 2 atom stereocenters. The molecular weight excluding hydrogens is 267 g/mol. The Labute approximate surface area is 116 Å². The summed E-state index contributed by atoms with van der Waals surface area (Å²) in [6.07, 6.45) is -0.489. The van der Waals surface area contributed by atoms with Crippen LogP contribution in [0.1, 0.15) is 36.8 Å². The van der Waals surface area contributed by atoms with Gasteiger partial charge < -0.3 is 5.73 Å². The molecule has 20 heavy (non-hydrogen) atoms. The molecule has 0 aliphatic heterocycles. The molecule has 0 heterocycles. The van der Waals surface area contributed by atoms with E-state index in [9.17, 15) is 18.0 Å². The van der Waals surface area contributed by atoms with Gasteiger partial charge in [0.05, 0.1) is 5.56 Å². The fourth-order valence-electron chi connectivity index (χ4n) is 2.70. The summed E-state index contributed by atoms with van der Waals surface area (Å²) in [5.41, 5.74) is 5.87. The minimum absolute atomic E-state index is 0.0389. The van der Waals surface area contributed by atoms with Gasteiger partial charge in [-0.2, -0.15) is 13.2 Å². The predicted octanol–water partition coefficient (Wildman–Crippen LogP) is 3.33. The Morgan fingerprint density at radius 3 is 2.30 bits per heavy atom. The third-order valence-corrected chi connectivity index (χ3v) is 3.89. The largest absolute Gasteiger partial charge is 0.416 e. The molecule has 110 valence electrons. The molecule has 2 nitrogen and oxygen atoms in total. The van der Waals surface area contributed by atoms with Crippen molar-refractivity contribution in [3.63, 3.8) is 0 Å². The first-order chi connectivity index (χ1) is 9.38. The summed E-state index contributed by atoms with van der Waals surface area (Å²) in [6.45, 7) is 0. The highest BCUT2D eigenvalue weighted by Crippen LogP contribution is 2.29. The van der Waals surface area contributed by atoms with Crippen molar-refractivity contribution < 1.29 is 18.0 Å². The van der Waals surface area contributed by atoms with Gasteiger partial charge >= 0.3 is 6.18 Å². The van der Waals surface area contributed by atoms with Gasteiger partial charge in [0.15, 0.2) is 0 Å². The summed E-state index contributed by atoms with van der Waals surface area (Å²) in [7, 11) is 0. The van der Waals surface area contributed by atoms with Crippen LogP contribution in [0.4, 0.5) is 13.2 Å². The van der Waals surface area contributed by atoms with Crippen LogP contribution in [0.3, 0.4) is 0 Å². The summed E-state index contributed by atoms with van der Waals surface area (Å²) in [5, 5.41) is 0. The number of hydrogen-bond donors (Lipinski definition) is 1. The first-order valence-electron chi connectivity index (χ1n) is 6.82. The van der Waals surface area contributed by atoms with E-state index in [0.29, 0.717) is 5.56 Å². The second-order valence-corrected chi connectivity index (χ2v) is 5.39. The lowest BCUT2D eigenvalue weighted by atomic mass is 9.80. The zero-order valence-electron chi connectivity index (χ0n) is 11.1. The molecule has 2 rings (SSSR count). The maximum Gasteiger partial charge on any atom is 0.416 e. The highest BCUT2D eigenvalue weighted by Gasteiger charge is 2.31. The smallest absolute Gasteiger partial charge is 0.327 e. The van der Waals surface area contributed by atoms with Crippen molar-refractivity contribution in [1.82, 2.24) is 0 Å². The van der Waals surface area contributed by atoms with Crippen molar-refractivity contribution >= 4 is 5.78 Å². The SMILES string of the molecule is NC1CCCCC1C(=O)Cc1ccc(C(F)(F)F)cc1. The second kappa shape index (κ2) is 5.95. The van der Waals surface area contributed by atoms with Crippen molar-refractivity contribution in [2.75, 3.05) is 0 Å². The quantitative estimate of drug-likeness (QED) is 0.925. The van der Waals surface area contributed by atoms with Crippen LogP contribution in [-0.4, -0.2) is 11.8 Å². The molecule has 0 amide bonds. The average Bonchev–Trinajstić information content (AvgIpc) is 2.38. The molecule has 0 saturated heterocycles. The van der Waals surface area contributed by atoms with Gasteiger partial charge in [-0.15, -0.1) is 0 Å². The van der Waals surface area contributed by atoms with Gasteiger partial charge in [0.1, 0.15) is 5.78 Å². The first-order valence-corrected chi connectivity index (χ1v) is 6.82. The summed E-state index contributed by atoms with van der Waals surface area (Å²) >= 11 is 0. The standard InChI is InChI=1S/C15H18F3NO/c16-15(17,18)11-7-5-10(6-8-11)9-14(20)12-3-1-2-4-13(12)19/h5-8,12-13H,1-4,9,19H2. The van der Waals surface area contributed by atoms with Crippen LogP contribution in [0, 0.1) is 5.92 Å². The minimum atomic E-state index is -4.34. The van der Waals surface area contributed by atoms with Gasteiger partial charge in [-0.05, 0) is 30.5 Å². The van der Waals surface area contributed by atoms with E-state index in [2.05, 4.69) is 0 Å². The summed E-state index contributed by atoms with van der Waals surface area (Å²) in [4.78, 5) is 12.2. The topological polar surface area (TPSA) is 43.1 Å². The van der Waals surface area contributed by atoms with Crippen LogP contribution < -0.4 is 5.73 Å². The van der Waals surface area contributed by atoms with Gasteiger partial charge in [-0.25, -0.2) is 0 Å². The van der Waals surface area contributed by atoms with Crippen molar-refractivity contribution in [2.24, 2.45) is 11.7 Å². The number of ketones is 1. The van der Waals surface area contributed by atoms with Crippen LogP contribution in [0.15, 0.2) is 24.3 Å². The minimum Gasteiger partial charge on any atom is -0.327 e. The van der Waals surface area contributed by atoms with E-state index in [1.165, 1.54) is 12.1 Å². The second-order valence-electron chi connectivity index (χ2n) is 5.39. The van der Waals surface area contributed by atoms with E-state index in [1.807, 2.05) is 0 Å². The van der Waals surface area contributed by atoms with Gasteiger partial charge in [-0.1, -0.05) is 25.0 Å². The number of nitrogens with two attached hydrogens (primary N) is 1. The molecule has 2 N–H and O–H groups in total. The van der Waals surface area contributed by atoms with E-state index >= 15 is 0 Å². The first kappa shape index (κ1) is 15.0. The Morgan fingerprint density at radius 1 is 1.15 bits per heavy atom. The molecule has 1 saturated carbocycles. The number of carbonyl (C=O) groups is 1. The van der Waals surface area contributed by atoms with E-state index in [0.717, 1.165) is 37.8 Å². The molecular formula is C15H18F3NO. The van der Waals surface area contributed by atoms with Crippen LogP contribution in [0.5, 0.6) is 0 Å². The molecule has 1 aliphatic carbocycles. The molecule has 2 unspecified atom stereocenters. The summed E-state index contributed by atoms with van der Waals surface area (Å²) in [6, 6.07) is 4.67. The number of halogens is 3. The Balaban J connectivity index is 2.01. The Kier molecular flexibility index (Phi) is 4.48. The Hall–Kier alpha value is -1.36. The molecule has 0 bridgehead atoms. The number of hydrogen-bond acceptors (Lipinski definition) is 2. The molecule has 1 aromatic rings. The van der Waals surface area contributed by atoms with Crippen molar-refractivity contribution in [3.05, 3.63) is 35.4 Å². The Morgan fingerprint density at radius 2 is 1.75 bits per heavy atom. The zero-order chi connectivity index (χ0) is 14.8. The zero-order valence-corrected chi connectivity index (χ0v) is 11.1.